The topological polar surface area (TPSA) is 93.7 Å². The highest BCUT2D eigenvalue weighted by Gasteiger charge is 2.22. The first-order chi connectivity index (χ1) is 13.8. The summed E-state index contributed by atoms with van der Waals surface area (Å²) in [4.78, 5) is 36.4. The molecule has 7 nitrogen and oxygen atoms in total. The van der Waals surface area contributed by atoms with Crippen LogP contribution in [0.15, 0.2) is 30.3 Å². The molecule has 1 heterocycles. The molecule has 2 aromatic rings. The lowest BCUT2D eigenvalue weighted by molar-refractivity contribution is -0.123. The Morgan fingerprint density at radius 3 is 2.69 bits per heavy atom. The maximum atomic E-state index is 12.5. The Morgan fingerprint density at radius 1 is 1.21 bits per heavy atom. The van der Waals surface area contributed by atoms with Crippen molar-refractivity contribution in [2.75, 3.05) is 17.7 Å². The van der Waals surface area contributed by atoms with Crippen LogP contribution in [0, 0.1) is 6.92 Å². The molecule has 0 aliphatic carbocycles. The number of hydrogen-bond acceptors (Lipinski definition) is 5. The van der Waals surface area contributed by atoms with Crippen molar-refractivity contribution in [2.45, 2.75) is 32.8 Å². The third-order valence-corrected chi connectivity index (χ3v) is 5.04. The van der Waals surface area contributed by atoms with Crippen molar-refractivity contribution >= 4 is 40.8 Å². The van der Waals surface area contributed by atoms with E-state index in [1.165, 1.54) is 14.0 Å². The van der Waals surface area contributed by atoms with E-state index >= 15 is 0 Å². The minimum absolute atomic E-state index is 0.0500. The van der Waals surface area contributed by atoms with Crippen molar-refractivity contribution in [1.29, 1.82) is 0 Å². The van der Waals surface area contributed by atoms with Crippen LogP contribution in [0.4, 0.5) is 11.4 Å². The van der Waals surface area contributed by atoms with Crippen LogP contribution in [0.25, 0.3) is 0 Å². The molecule has 0 spiro atoms. The highest BCUT2D eigenvalue weighted by Crippen LogP contribution is 2.31. The molecule has 0 fully saturated rings. The summed E-state index contributed by atoms with van der Waals surface area (Å²) in [6.45, 7) is 3.29. The standard InChI is InChI=1S/C21H21ClN2O5/c1-11-8-17(18(28-3)10-15(11)22)24-20(26)12(2)29-21(27)14-4-6-16-13(9-14)5-7-19(25)23-16/h4,6,8-10,12H,5,7H2,1-3H3,(H,23,25)(H,24,26)/t12-/m1/s1. The first kappa shape index (κ1) is 20.7. The molecule has 0 radical (unpaired) electrons. The monoisotopic (exact) mass is 416 g/mol. The van der Waals surface area contributed by atoms with Crippen LogP contribution >= 0.6 is 11.6 Å². The summed E-state index contributed by atoms with van der Waals surface area (Å²) in [5.41, 5.74) is 3.08. The first-order valence-corrected chi connectivity index (χ1v) is 9.45. The fourth-order valence-corrected chi connectivity index (χ4v) is 3.11. The molecule has 1 aliphatic rings. The zero-order chi connectivity index (χ0) is 21.1. The number of esters is 1. The summed E-state index contributed by atoms with van der Waals surface area (Å²) in [7, 11) is 1.47. The largest absolute Gasteiger partial charge is 0.495 e. The third kappa shape index (κ3) is 4.68. The van der Waals surface area contributed by atoms with Gasteiger partial charge in [-0.05, 0) is 55.7 Å². The van der Waals surface area contributed by atoms with E-state index < -0.39 is 18.0 Å². The summed E-state index contributed by atoms with van der Waals surface area (Å²) in [5, 5.41) is 5.97. The number of methoxy groups -OCH3 is 1. The molecule has 2 amide bonds. The number of hydrogen-bond donors (Lipinski definition) is 2. The van der Waals surface area contributed by atoms with Gasteiger partial charge in [0.05, 0.1) is 18.4 Å². The fourth-order valence-electron chi connectivity index (χ4n) is 2.96. The number of amides is 2. The van der Waals surface area contributed by atoms with Crippen LogP contribution in [0.3, 0.4) is 0 Å². The highest BCUT2D eigenvalue weighted by molar-refractivity contribution is 6.31. The van der Waals surface area contributed by atoms with Crippen LogP contribution in [0.2, 0.25) is 5.02 Å². The van der Waals surface area contributed by atoms with E-state index in [9.17, 15) is 14.4 Å². The number of carbonyl (C=O) groups excluding carboxylic acids is 3. The van der Waals surface area contributed by atoms with Crippen molar-refractivity contribution in [3.05, 3.63) is 52.0 Å². The van der Waals surface area contributed by atoms with Gasteiger partial charge in [-0.3, -0.25) is 9.59 Å². The quantitative estimate of drug-likeness (QED) is 0.724. The van der Waals surface area contributed by atoms with Gasteiger partial charge in [0.2, 0.25) is 5.91 Å². The van der Waals surface area contributed by atoms with Crippen molar-refractivity contribution in [3.63, 3.8) is 0 Å². The molecule has 2 aromatic carbocycles. The summed E-state index contributed by atoms with van der Waals surface area (Å²) in [6.07, 6.45) is -0.111. The Kier molecular flexibility index (Phi) is 6.08. The average Bonchev–Trinajstić information content (AvgIpc) is 2.69. The zero-order valence-corrected chi connectivity index (χ0v) is 17.1. The number of benzene rings is 2. The fraction of sp³-hybridized carbons (Fsp3) is 0.286. The van der Waals surface area contributed by atoms with E-state index in [2.05, 4.69) is 10.6 Å². The molecule has 2 N–H and O–H groups in total. The highest BCUT2D eigenvalue weighted by atomic mass is 35.5. The Balaban J connectivity index is 1.68. The van der Waals surface area contributed by atoms with Gasteiger partial charge in [-0.15, -0.1) is 0 Å². The van der Waals surface area contributed by atoms with Gasteiger partial charge in [-0.1, -0.05) is 11.6 Å². The lowest BCUT2D eigenvalue weighted by Crippen LogP contribution is -2.30. The number of ether oxygens (including phenoxy) is 2. The SMILES string of the molecule is COc1cc(Cl)c(C)cc1NC(=O)[C@@H](C)OC(=O)c1ccc2c(c1)CCC(=O)N2. The number of halogens is 1. The Morgan fingerprint density at radius 2 is 1.97 bits per heavy atom. The summed E-state index contributed by atoms with van der Waals surface area (Å²) < 4.78 is 10.5. The summed E-state index contributed by atoms with van der Waals surface area (Å²) in [5.74, 6) is -0.759. The lowest BCUT2D eigenvalue weighted by Gasteiger charge is -2.18. The second kappa shape index (κ2) is 8.53. The van der Waals surface area contributed by atoms with Crippen molar-refractivity contribution in [3.8, 4) is 5.75 Å². The number of fused-ring (bicyclic) bond motifs is 1. The summed E-state index contributed by atoms with van der Waals surface area (Å²) >= 11 is 6.07. The number of nitrogens with one attached hydrogen (secondary N) is 2. The van der Waals surface area contributed by atoms with E-state index in [1.54, 1.807) is 37.3 Å². The van der Waals surface area contributed by atoms with Gasteiger partial charge in [0.15, 0.2) is 6.10 Å². The molecule has 3 rings (SSSR count). The lowest BCUT2D eigenvalue weighted by atomic mass is 10.0. The van der Waals surface area contributed by atoms with E-state index in [0.717, 1.165) is 11.1 Å². The van der Waals surface area contributed by atoms with Gasteiger partial charge >= 0.3 is 5.97 Å². The van der Waals surface area contributed by atoms with E-state index in [1.807, 2.05) is 0 Å². The van der Waals surface area contributed by atoms with E-state index in [-0.39, 0.29) is 5.91 Å². The maximum absolute atomic E-state index is 12.5. The number of carbonyl (C=O) groups is 3. The Labute approximate surface area is 173 Å². The average molecular weight is 417 g/mol. The molecule has 29 heavy (non-hydrogen) atoms. The van der Waals surface area contributed by atoms with Crippen LogP contribution in [0.5, 0.6) is 5.75 Å². The molecule has 1 aliphatic heterocycles. The number of rotatable bonds is 5. The minimum Gasteiger partial charge on any atom is -0.495 e. The second-order valence-electron chi connectivity index (χ2n) is 6.76. The van der Waals surface area contributed by atoms with Crippen LogP contribution in [-0.2, 0) is 20.7 Å². The molecule has 0 unspecified atom stereocenters. The first-order valence-electron chi connectivity index (χ1n) is 9.07. The predicted molar refractivity (Wildman–Crippen MR) is 110 cm³/mol. The molecule has 152 valence electrons. The number of aryl methyl sites for hydroxylation is 2. The van der Waals surface area contributed by atoms with Gasteiger partial charge in [0.1, 0.15) is 5.75 Å². The van der Waals surface area contributed by atoms with Crippen LogP contribution in [-0.4, -0.2) is 31.0 Å². The molecule has 1 atom stereocenters. The van der Waals surface area contributed by atoms with E-state index in [0.29, 0.717) is 40.6 Å². The van der Waals surface area contributed by atoms with Gasteiger partial charge in [-0.25, -0.2) is 4.79 Å². The molecule has 8 heteroatoms. The molecule has 0 aromatic heterocycles. The Bertz CT molecular complexity index is 989. The smallest absolute Gasteiger partial charge is 0.338 e. The minimum atomic E-state index is -1.03. The number of anilines is 2. The van der Waals surface area contributed by atoms with Gasteiger partial charge in [0, 0.05) is 23.2 Å². The summed E-state index contributed by atoms with van der Waals surface area (Å²) in [6, 6.07) is 8.19. The van der Waals surface area contributed by atoms with Crippen molar-refractivity contribution in [1.82, 2.24) is 0 Å². The van der Waals surface area contributed by atoms with Gasteiger partial charge in [0.25, 0.3) is 5.91 Å². The van der Waals surface area contributed by atoms with Crippen LogP contribution < -0.4 is 15.4 Å². The van der Waals surface area contributed by atoms with E-state index in [4.69, 9.17) is 21.1 Å². The predicted octanol–water partition coefficient (Wildman–Crippen LogP) is 3.73. The second-order valence-corrected chi connectivity index (χ2v) is 7.17. The third-order valence-electron chi connectivity index (χ3n) is 4.63. The molecule has 0 saturated carbocycles. The van der Waals surface area contributed by atoms with Gasteiger partial charge < -0.3 is 20.1 Å². The Hall–Kier alpha value is -3.06. The zero-order valence-electron chi connectivity index (χ0n) is 16.3. The molecule has 0 bridgehead atoms. The molecular formula is C21H21ClN2O5. The van der Waals surface area contributed by atoms with Crippen molar-refractivity contribution in [2.24, 2.45) is 0 Å². The van der Waals surface area contributed by atoms with Crippen LogP contribution in [0.1, 0.15) is 34.8 Å². The van der Waals surface area contributed by atoms with Gasteiger partial charge in [-0.2, -0.15) is 0 Å². The normalized spacial score (nSPS) is 13.7. The maximum Gasteiger partial charge on any atom is 0.338 e. The molecular weight excluding hydrogens is 396 g/mol. The van der Waals surface area contributed by atoms with Crippen molar-refractivity contribution < 1.29 is 23.9 Å². The molecule has 0 saturated heterocycles.